The van der Waals surface area contributed by atoms with E-state index in [0.29, 0.717) is 6.42 Å². The van der Waals surface area contributed by atoms with Crippen LogP contribution in [-0.2, 0) is 9.59 Å². The molecule has 0 aromatic rings. The van der Waals surface area contributed by atoms with Crippen molar-refractivity contribution < 1.29 is 81.1 Å². The average molecular weight is 715 g/mol. The maximum Gasteiger partial charge on any atom is 0.164 e. The summed E-state index contributed by atoms with van der Waals surface area (Å²) in [5.74, 6) is -0.525. The first-order valence-corrected chi connectivity index (χ1v) is 11.9. The van der Waals surface area contributed by atoms with Crippen LogP contribution in [0.2, 0.25) is 0 Å². The highest BCUT2D eigenvalue weighted by molar-refractivity contribution is 6.92. The summed E-state index contributed by atoms with van der Waals surface area (Å²) in [5, 5.41) is 124. The van der Waals surface area contributed by atoms with Gasteiger partial charge in [0.1, 0.15) is 67.1 Å². The quantitative estimate of drug-likeness (QED) is 0.0401. The Bertz CT molecular complexity index is 648. The van der Waals surface area contributed by atoms with Crippen molar-refractivity contribution in [2.45, 2.75) is 94.3 Å². The van der Waals surface area contributed by atoms with Gasteiger partial charge in [0.2, 0.25) is 0 Å². The van der Waals surface area contributed by atoms with Crippen LogP contribution in [-0.4, -0.2) is 191 Å². The van der Waals surface area contributed by atoms with E-state index >= 15 is 0 Å². The molecule has 14 atom stereocenters. The molecule has 0 saturated heterocycles. The largest absolute Gasteiger partial charge is 0.394 e. The second-order valence-electron chi connectivity index (χ2n) is 7.89. The molecule has 0 aliphatic carbocycles. The number of hydrogen-bond acceptors (Lipinski definition) is 18. The molecule has 0 aliphatic rings. The summed E-state index contributed by atoms with van der Waals surface area (Å²) >= 11 is 0. The van der Waals surface area contributed by atoms with Crippen molar-refractivity contribution in [2.24, 2.45) is 10.7 Å². The van der Waals surface area contributed by atoms with E-state index in [1.807, 2.05) is 0 Å². The lowest BCUT2D eigenvalue weighted by Gasteiger charge is -2.23. The number of nitrogens with zero attached hydrogens (tertiary/aromatic N) is 1. The van der Waals surface area contributed by atoms with Crippen LogP contribution in [0.5, 0.6) is 0 Å². The molecule has 0 spiro atoms. The van der Waals surface area contributed by atoms with Crippen LogP contribution in [0.15, 0.2) is 4.99 Å². The first kappa shape index (κ1) is 62.5. The van der Waals surface area contributed by atoms with Crippen LogP contribution in [0, 0.1) is 0 Å². The summed E-state index contributed by atoms with van der Waals surface area (Å²) in [6.07, 6.45) is -15.8. The topological polar surface area (TPSA) is 356 Å². The van der Waals surface area contributed by atoms with Gasteiger partial charge >= 0.3 is 0 Å². The molecule has 0 radical (unpaired) electrons. The molecule has 16 N–H and O–H groups in total. The third-order valence-corrected chi connectivity index (χ3v) is 4.73. The van der Waals surface area contributed by atoms with Crippen molar-refractivity contribution in [1.29, 1.82) is 0 Å². The van der Waals surface area contributed by atoms with E-state index in [4.69, 9.17) is 71.5 Å². The summed E-state index contributed by atoms with van der Waals surface area (Å²) < 4.78 is 0. The van der Waals surface area contributed by atoms with Gasteiger partial charge in [-0.3, -0.25) is 9.79 Å². The van der Waals surface area contributed by atoms with Gasteiger partial charge in [0, 0.05) is 19.7 Å². The zero-order valence-corrected chi connectivity index (χ0v) is 29.0. The van der Waals surface area contributed by atoms with E-state index in [1.54, 1.807) is 6.92 Å². The van der Waals surface area contributed by atoms with Gasteiger partial charge in [0.25, 0.3) is 0 Å². The molecule has 0 bridgehead atoms. The number of aliphatic imine (C=N–C) groups is 1. The summed E-state index contributed by atoms with van der Waals surface area (Å²) in [4.78, 5) is 24.3. The molecule has 18 nitrogen and oxygen atoms in total. The van der Waals surface area contributed by atoms with Crippen LogP contribution < -0.4 is 5.73 Å². The van der Waals surface area contributed by atoms with Crippen molar-refractivity contribution >= 4 is 48.0 Å². The Morgan fingerprint density at radius 2 is 0.977 bits per heavy atom. The Morgan fingerprint density at radius 1 is 0.659 bits per heavy atom. The molecule has 274 valence electrons. The number of carbonyl (C=O) groups is 2. The van der Waals surface area contributed by atoms with Gasteiger partial charge in [-0.1, -0.05) is 14.4 Å². The molecule has 21 heteroatoms. The molecule has 0 rings (SSSR count). The number of carbonyl (C=O) groups excluding carboxylic acids is 2. The standard InChI is InChI=1S/C8H16O5.C7H15NO5.C6H12O6.CH5N.CH4.3H3P/c1-2-3-5(10)7(12)8(13)6(11)4-9;1-8-2-4(10)6(12)7(13)5(11)3-9;7-1-3(9)5(11)6(12)4(10)2-8;1-2;;;;/h6-9,11-13H,2-4H2,1H3;2,4-7,9-13H,3H2,1H3;1,3-6,8-12H,2H2;2H2,1H3;1H4;3*1H3. The molecule has 14 unspecified atom stereocenters. The van der Waals surface area contributed by atoms with Crippen LogP contribution in [0.3, 0.4) is 0 Å². The van der Waals surface area contributed by atoms with Crippen LogP contribution >= 0.6 is 29.7 Å². The molecule has 0 amide bonds. The van der Waals surface area contributed by atoms with Crippen molar-refractivity contribution in [3.05, 3.63) is 0 Å². The molecule has 0 heterocycles. The normalized spacial score (nSPS) is 17.5. The van der Waals surface area contributed by atoms with Crippen molar-refractivity contribution in [3.63, 3.8) is 0 Å². The Labute approximate surface area is 268 Å². The first-order chi connectivity index (χ1) is 18.6. The van der Waals surface area contributed by atoms with Gasteiger partial charge < -0.3 is 82.0 Å². The lowest BCUT2D eigenvalue weighted by Crippen LogP contribution is -2.46. The maximum absolute atomic E-state index is 11.0. The van der Waals surface area contributed by atoms with Gasteiger partial charge in [-0.05, 0) is 13.5 Å². The highest BCUT2D eigenvalue weighted by atomic mass is 31.0. The Hall–Kier alpha value is -0.300. The summed E-state index contributed by atoms with van der Waals surface area (Å²) in [6.45, 7) is -0.366. The highest BCUT2D eigenvalue weighted by Crippen LogP contribution is 2.05. The van der Waals surface area contributed by atoms with E-state index in [1.165, 1.54) is 14.1 Å². The van der Waals surface area contributed by atoms with Gasteiger partial charge in [-0.15, -0.1) is 0 Å². The fourth-order valence-corrected chi connectivity index (χ4v) is 2.30. The fraction of sp³-hybridized carbons (Fsp3) is 0.870. The lowest BCUT2D eigenvalue weighted by atomic mass is 10.0. The summed E-state index contributed by atoms with van der Waals surface area (Å²) in [5.41, 5.74) is 4.50. The number of ketones is 1. The fourth-order valence-electron chi connectivity index (χ4n) is 2.30. The number of Topliss-reactive ketones (excluding diaryl/α,β-unsaturated/α-hetero) is 1. The summed E-state index contributed by atoms with van der Waals surface area (Å²) in [7, 11) is 2.89. The van der Waals surface area contributed by atoms with Crippen molar-refractivity contribution in [1.82, 2.24) is 0 Å². The zero-order valence-electron chi connectivity index (χ0n) is 24.8. The van der Waals surface area contributed by atoms with Crippen molar-refractivity contribution in [3.8, 4) is 0 Å². The Balaban J connectivity index is -0.0000000685. The van der Waals surface area contributed by atoms with Gasteiger partial charge in [0.05, 0.1) is 19.8 Å². The number of rotatable bonds is 16. The second kappa shape index (κ2) is 38.9. The second-order valence-corrected chi connectivity index (χ2v) is 7.89. The van der Waals surface area contributed by atoms with Crippen LogP contribution in [0.1, 0.15) is 27.2 Å². The molecule has 0 aromatic heterocycles. The predicted molar refractivity (Wildman–Crippen MR) is 178 cm³/mol. The molecule has 44 heavy (non-hydrogen) atoms. The van der Waals surface area contributed by atoms with Gasteiger partial charge in [0.15, 0.2) is 12.1 Å². The first-order valence-electron chi connectivity index (χ1n) is 11.9. The van der Waals surface area contributed by atoms with Gasteiger partial charge in [-0.25, -0.2) is 0 Å². The minimum absolute atomic E-state index is 0. The number of aliphatic hydroxyl groups is 14. The summed E-state index contributed by atoms with van der Waals surface area (Å²) in [6, 6.07) is 0. The minimum Gasteiger partial charge on any atom is -0.394 e. The molecular weight excluding hydrogens is 653 g/mol. The number of nitrogens with two attached hydrogens (primary N) is 1. The highest BCUT2D eigenvalue weighted by Gasteiger charge is 2.30. The third kappa shape index (κ3) is 28.0. The Morgan fingerprint density at radius 3 is 1.25 bits per heavy atom. The van der Waals surface area contributed by atoms with Gasteiger partial charge in [-0.2, -0.15) is 29.7 Å². The molecule has 0 aromatic carbocycles. The van der Waals surface area contributed by atoms with E-state index in [0.717, 1.165) is 6.21 Å². The third-order valence-electron chi connectivity index (χ3n) is 4.73. The Kier molecular flexibility index (Phi) is 55.2. The smallest absolute Gasteiger partial charge is 0.164 e. The number of aliphatic hydroxyl groups excluding tert-OH is 14. The van der Waals surface area contributed by atoms with Crippen LogP contribution in [0.25, 0.3) is 0 Å². The lowest BCUT2D eigenvalue weighted by molar-refractivity contribution is -0.140. The van der Waals surface area contributed by atoms with E-state index in [9.17, 15) is 9.59 Å². The monoisotopic (exact) mass is 714 g/mol. The number of hydrogen-bond donors (Lipinski definition) is 15. The molecule has 0 saturated carbocycles. The predicted octanol–water partition coefficient (Wildman–Crippen LogP) is -7.44. The van der Waals surface area contributed by atoms with Crippen LogP contribution in [0.4, 0.5) is 0 Å². The minimum atomic E-state index is -1.79. The molecular formula is C23H61N2O16P3. The van der Waals surface area contributed by atoms with Crippen molar-refractivity contribution in [2.75, 3.05) is 33.9 Å². The van der Waals surface area contributed by atoms with E-state index in [2.05, 4.69) is 10.7 Å². The molecule has 0 aliphatic heterocycles. The van der Waals surface area contributed by atoms with E-state index in [-0.39, 0.29) is 49.8 Å². The van der Waals surface area contributed by atoms with E-state index < -0.39 is 92.7 Å². The zero-order chi connectivity index (χ0) is 32.6. The maximum atomic E-state index is 11.0. The number of aldehydes is 1. The SMILES string of the molecule is C.CCCC(=O)C(O)C(O)C(O)CO.CN.CN=CC(O)C(O)C(O)C(O)CO.O=CC(O)C(O)C(O)C(O)CO.P.P.P. The molecule has 0 fully saturated rings. The average Bonchev–Trinajstić information content (AvgIpc) is 2.98.